The van der Waals surface area contributed by atoms with Crippen molar-refractivity contribution in [2.75, 3.05) is 0 Å². The van der Waals surface area contributed by atoms with Crippen LogP contribution in [0.3, 0.4) is 0 Å². The Morgan fingerprint density at radius 2 is 2.06 bits per heavy atom. The largest absolute Gasteiger partial charge is 0.481 e. The van der Waals surface area contributed by atoms with Crippen molar-refractivity contribution in [3.63, 3.8) is 0 Å². The summed E-state index contributed by atoms with van der Waals surface area (Å²) in [5, 5.41) is 8.92. The number of carboxylic acid groups (broad SMARTS) is 1. The SMILES string of the molecule is Cc1cc2ncn(C[C@@H](C)C(=O)O)c2cc1C. The van der Waals surface area contributed by atoms with Crippen LogP contribution < -0.4 is 0 Å². The summed E-state index contributed by atoms with van der Waals surface area (Å²) in [7, 11) is 0. The van der Waals surface area contributed by atoms with Crippen LogP contribution in [-0.2, 0) is 11.3 Å². The predicted molar refractivity (Wildman–Crippen MR) is 66.0 cm³/mol. The number of imidazole rings is 1. The number of benzene rings is 1. The Balaban J connectivity index is 2.42. The van der Waals surface area contributed by atoms with E-state index in [1.54, 1.807) is 13.3 Å². The number of hydrogen-bond acceptors (Lipinski definition) is 2. The van der Waals surface area contributed by atoms with Gasteiger partial charge in [-0.05, 0) is 37.1 Å². The van der Waals surface area contributed by atoms with Crippen molar-refractivity contribution in [1.29, 1.82) is 0 Å². The van der Waals surface area contributed by atoms with Gasteiger partial charge in [0.05, 0.1) is 23.3 Å². The second-order valence-electron chi connectivity index (χ2n) is 4.56. The first-order chi connectivity index (χ1) is 7.99. The average Bonchev–Trinajstić information content (AvgIpc) is 2.62. The van der Waals surface area contributed by atoms with Crippen LogP contribution in [0, 0.1) is 19.8 Å². The van der Waals surface area contributed by atoms with E-state index in [1.807, 2.05) is 24.5 Å². The molecule has 1 atom stereocenters. The Morgan fingerprint density at radius 3 is 2.71 bits per heavy atom. The van der Waals surface area contributed by atoms with E-state index in [0.717, 1.165) is 11.0 Å². The van der Waals surface area contributed by atoms with Crippen LogP contribution in [0.15, 0.2) is 18.5 Å². The molecule has 1 aromatic heterocycles. The normalized spacial score (nSPS) is 12.9. The molecule has 0 aliphatic rings. The number of fused-ring (bicyclic) bond motifs is 1. The van der Waals surface area contributed by atoms with Crippen molar-refractivity contribution in [2.45, 2.75) is 27.3 Å². The van der Waals surface area contributed by atoms with Crippen molar-refractivity contribution in [3.05, 3.63) is 29.6 Å². The summed E-state index contributed by atoms with van der Waals surface area (Å²) in [5.41, 5.74) is 4.32. The summed E-state index contributed by atoms with van der Waals surface area (Å²) in [6, 6.07) is 4.10. The van der Waals surface area contributed by atoms with Crippen molar-refractivity contribution in [1.82, 2.24) is 9.55 Å². The van der Waals surface area contributed by atoms with Crippen LogP contribution in [-0.4, -0.2) is 20.6 Å². The summed E-state index contributed by atoms with van der Waals surface area (Å²) in [5.74, 6) is -1.19. The van der Waals surface area contributed by atoms with Gasteiger partial charge in [0.1, 0.15) is 0 Å². The highest BCUT2D eigenvalue weighted by Crippen LogP contribution is 2.19. The summed E-state index contributed by atoms with van der Waals surface area (Å²) < 4.78 is 1.90. The van der Waals surface area contributed by atoms with Crippen LogP contribution in [0.25, 0.3) is 11.0 Å². The highest BCUT2D eigenvalue weighted by atomic mass is 16.4. The topological polar surface area (TPSA) is 55.1 Å². The number of carboxylic acids is 1. The van der Waals surface area contributed by atoms with E-state index in [2.05, 4.69) is 11.1 Å². The maximum Gasteiger partial charge on any atom is 0.308 e. The molecular formula is C13H16N2O2. The van der Waals surface area contributed by atoms with Crippen molar-refractivity contribution in [2.24, 2.45) is 5.92 Å². The first kappa shape index (κ1) is 11.6. The number of aryl methyl sites for hydroxylation is 2. The smallest absolute Gasteiger partial charge is 0.308 e. The number of carbonyl (C=O) groups is 1. The van der Waals surface area contributed by atoms with Crippen LogP contribution in [0.2, 0.25) is 0 Å². The molecule has 2 rings (SSSR count). The Labute approximate surface area is 99.9 Å². The Kier molecular flexibility index (Phi) is 2.88. The van der Waals surface area contributed by atoms with E-state index >= 15 is 0 Å². The van der Waals surface area contributed by atoms with Crippen molar-refractivity contribution >= 4 is 17.0 Å². The maximum atomic E-state index is 10.8. The minimum atomic E-state index is -0.782. The monoisotopic (exact) mass is 232 g/mol. The molecule has 1 aromatic carbocycles. The summed E-state index contributed by atoms with van der Waals surface area (Å²) in [4.78, 5) is 15.2. The Bertz CT molecular complexity index is 572. The van der Waals surface area contributed by atoms with Crippen molar-refractivity contribution < 1.29 is 9.90 Å². The molecule has 4 heteroatoms. The van der Waals surface area contributed by atoms with E-state index in [-0.39, 0.29) is 0 Å². The lowest BCUT2D eigenvalue weighted by molar-refractivity contribution is -0.141. The number of aliphatic carboxylic acids is 1. The molecule has 17 heavy (non-hydrogen) atoms. The Morgan fingerprint density at radius 1 is 1.41 bits per heavy atom. The average molecular weight is 232 g/mol. The van der Waals surface area contributed by atoms with Gasteiger partial charge in [-0.2, -0.15) is 0 Å². The fraction of sp³-hybridized carbons (Fsp3) is 0.385. The molecule has 0 radical (unpaired) electrons. The number of nitrogens with zero attached hydrogens (tertiary/aromatic N) is 2. The molecule has 1 N–H and O–H groups in total. The summed E-state index contributed by atoms with van der Waals surface area (Å²) in [6.45, 7) is 6.25. The lowest BCUT2D eigenvalue weighted by atomic mass is 10.1. The van der Waals surface area contributed by atoms with E-state index < -0.39 is 11.9 Å². The lowest BCUT2D eigenvalue weighted by Gasteiger charge is -2.09. The highest BCUT2D eigenvalue weighted by Gasteiger charge is 2.13. The van der Waals surface area contributed by atoms with Gasteiger partial charge in [0.15, 0.2) is 0 Å². The molecule has 0 spiro atoms. The van der Waals surface area contributed by atoms with E-state index in [9.17, 15) is 4.79 Å². The molecule has 2 aromatic rings. The molecular weight excluding hydrogens is 216 g/mol. The molecule has 0 unspecified atom stereocenters. The third-order valence-corrected chi connectivity index (χ3v) is 3.13. The molecule has 0 aliphatic carbocycles. The first-order valence-electron chi connectivity index (χ1n) is 5.64. The van der Waals surface area contributed by atoms with E-state index in [1.165, 1.54) is 11.1 Å². The first-order valence-corrected chi connectivity index (χ1v) is 5.64. The zero-order valence-corrected chi connectivity index (χ0v) is 10.3. The Hall–Kier alpha value is -1.84. The van der Waals surface area contributed by atoms with Crippen LogP contribution in [0.5, 0.6) is 0 Å². The third-order valence-electron chi connectivity index (χ3n) is 3.13. The van der Waals surface area contributed by atoms with Gasteiger partial charge >= 0.3 is 5.97 Å². The van der Waals surface area contributed by atoms with Gasteiger partial charge in [-0.3, -0.25) is 4.79 Å². The van der Waals surface area contributed by atoms with Gasteiger partial charge in [-0.1, -0.05) is 6.92 Å². The summed E-state index contributed by atoms with van der Waals surface area (Å²) in [6.07, 6.45) is 1.71. The fourth-order valence-corrected chi connectivity index (χ4v) is 1.83. The van der Waals surface area contributed by atoms with Gasteiger partial charge in [-0.15, -0.1) is 0 Å². The predicted octanol–water partition coefficient (Wildman–Crippen LogP) is 2.37. The third kappa shape index (κ3) is 2.16. The zero-order valence-electron chi connectivity index (χ0n) is 10.3. The van der Waals surface area contributed by atoms with E-state index in [0.29, 0.717) is 6.54 Å². The minimum absolute atomic E-state index is 0.408. The molecule has 0 aliphatic heterocycles. The zero-order chi connectivity index (χ0) is 12.6. The number of aromatic nitrogens is 2. The standard InChI is InChI=1S/C13H16N2O2/c1-8-4-11-12(5-9(8)2)15(7-14-11)6-10(3)13(16)17/h4-5,7,10H,6H2,1-3H3,(H,16,17)/t10-/m1/s1. The fourth-order valence-electron chi connectivity index (χ4n) is 1.83. The summed E-state index contributed by atoms with van der Waals surface area (Å²) >= 11 is 0. The molecule has 4 nitrogen and oxygen atoms in total. The second kappa shape index (κ2) is 4.20. The minimum Gasteiger partial charge on any atom is -0.481 e. The van der Waals surface area contributed by atoms with Crippen LogP contribution >= 0.6 is 0 Å². The van der Waals surface area contributed by atoms with Gasteiger partial charge in [-0.25, -0.2) is 4.98 Å². The molecule has 0 amide bonds. The highest BCUT2D eigenvalue weighted by molar-refractivity contribution is 5.77. The number of hydrogen-bond donors (Lipinski definition) is 1. The maximum absolute atomic E-state index is 10.8. The molecule has 90 valence electrons. The van der Waals surface area contributed by atoms with Gasteiger partial charge in [0.25, 0.3) is 0 Å². The van der Waals surface area contributed by atoms with Gasteiger partial charge < -0.3 is 9.67 Å². The van der Waals surface area contributed by atoms with Gasteiger partial charge in [0.2, 0.25) is 0 Å². The van der Waals surface area contributed by atoms with Gasteiger partial charge in [0, 0.05) is 6.54 Å². The lowest BCUT2D eigenvalue weighted by Crippen LogP contribution is -2.16. The molecule has 0 saturated heterocycles. The van der Waals surface area contributed by atoms with Crippen LogP contribution in [0.1, 0.15) is 18.1 Å². The molecule has 0 bridgehead atoms. The quantitative estimate of drug-likeness (QED) is 0.883. The van der Waals surface area contributed by atoms with Crippen LogP contribution in [0.4, 0.5) is 0 Å². The molecule has 0 fully saturated rings. The van der Waals surface area contributed by atoms with E-state index in [4.69, 9.17) is 5.11 Å². The van der Waals surface area contributed by atoms with Crippen molar-refractivity contribution in [3.8, 4) is 0 Å². The second-order valence-corrected chi connectivity index (χ2v) is 4.56. The molecule has 0 saturated carbocycles. The number of rotatable bonds is 3. The molecule has 1 heterocycles.